The van der Waals surface area contributed by atoms with E-state index in [0.717, 1.165) is 28.3 Å². The van der Waals surface area contributed by atoms with E-state index in [9.17, 15) is 27.6 Å². The van der Waals surface area contributed by atoms with Crippen LogP contribution in [0.4, 0.5) is 23.9 Å². The maximum atomic E-state index is 12.9. The van der Waals surface area contributed by atoms with Crippen molar-refractivity contribution in [2.45, 2.75) is 19.5 Å². The Morgan fingerprint density at radius 1 is 1.09 bits per heavy atom. The first kappa shape index (κ1) is 23.5. The van der Waals surface area contributed by atoms with Gasteiger partial charge >= 0.3 is 12.1 Å². The van der Waals surface area contributed by atoms with E-state index in [1.54, 1.807) is 12.1 Å². The van der Waals surface area contributed by atoms with Gasteiger partial charge in [-0.1, -0.05) is 12.1 Å². The first-order valence-corrected chi connectivity index (χ1v) is 10.8. The fourth-order valence-corrected chi connectivity index (χ4v) is 4.68. The number of hydrogen-bond acceptors (Lipinski definition) is 6. The average Bonchev–Trinajstić information content (AvgIpc) is 3.34. The lowest BCUT2D eigenvalue weighted by atomic mass is 10.1. The zero-order valence-electron chi connectivity index (χ0n) is 16.8. The number of alkyl halides is 3. The SMILES string of the molecule is COC(=O)c1c(NC(=O)Cc2cccs2)sc(C(=O)Nc2cccc(C(F)(F)F)c2)c1C. The van der Waals surface area contributed by atoms with Gasteiger partial charge in [-0.05, 0) is 42.1 Å². The molecule has 0 radical (unpaired) electrons. The lowest BCUT2D eigenvalue weighted by Gasteiger charge is -2.09. The van der Waals surface area contributed by atoms with E-state index in [0.29, 0.717) is 0 Å². The molecule has 2 N–H and O–H groups in total. The number of thiophene rings is 2. The van der Waals surface area contributed by atoms with Gasteiger partial charge < -0.3 is 15.4 Å². The minimum atomic E-state index is -4.56. The predicted octanol–water partition coefficient (Wildman–Crippen LogP) is 5.36. The van der Waals surface area contributed by atoms with Crippen LogP contribution in [0.15, 0.2) is 41.8 Å². The summed E-state index contributed by atoms with van der Waals surface area (Å²) in [6, 6.07) is 7.79. The zero-order valence-corrected chi connectivity index (χ0v) is 18.5. The summed E-state index contributed by atoms with van der Waals surface area (Å²) in [5.41, 5.74) is -0.695. The van der Waals surface area contributed by atoms with Crippen molar-refractivity contribution < 1.29 is 32.3 Å². The molecule has 3 aromatic rings. The van der Waals surface area contributed by atoms with Crippen molar-refractivity contribution in [3.63, 3.8) is 0 Å². The molecule has 0 unspecified atom stereocenters. The van der Waals surface area contributed by atoms with Gasteiger partial charge in [-0.15, -0.1) is 22.7 Å². The van der Waals surface area contributed by atoms with E-state index < -0.39 is 23.6 Å². The molecule has 0 spiro atoms. The van der Waals surface area contributed by atoms with Crippen molar-refractivity contribution in [2.24, 2.45) is 0 Å². The second-order valence-electron chi connectivity index (χ2n) is 6.59. The number of carbonyl (C=O) groups excluding carboxylic acids is 3. The minimum absolute atomic E-state index is 0.0196. The quantitative estimate of drug-likeness (QED) is 0.464. The van der Waals surface area contributed by atoms with Crippen molar-refractivity contribution in [1.29, 1.82) is 0 Å². The summed E-state index contributed by atoms with van der Waals surface area (Å²) in [6.45, 7) is 1.50. The van der Waals surface area contributed by atoms with E-state index >= 15 is 0 Å². The van der Waals surface area contributed by atoms with Gasteiger partial charge in [0.2, 0.25) is 5.91 Å². The molecular formula is C21H17F3N2O4S2. The molecule has 0 bridgehead atoms. The van der Waals surface area contributed by atoms with Crippen LogP contribution >= 0.6 is 22.7 Å². The number of anilines is 2. The maximum Gasteiger partial charge on any atom is 0.416 e. The fraction of sp³-hybridized carbons (Fsp3) is 0.190. The third-order valence-electron chi connectivity index (χ3n) is 4.36. The second-order valence-corrected chi connectivity index (χ2v) is 8.64. The van der Waals surface area contributed by atoms with E-state index in [1.165, 1.54) is 37.5 Å². The highest BCUT2D eigenvalue weighted by Crippen LogP contribution is 2.35. The van der Waals surface area contributed by atoms with Crippen LogP contribution in [0, 0.1) is 6.92 Å². The highest BCUT2D eigenvalue weighted by molar-refractivity contribution is 7.19. The molecule has 3 rings (SSSR count). The van der Waals surface area contributed by atoms with Gasteiger partial charge in [-0.2, -0.15) is 13.2 Å². The van der Waals surface area contributed by atoms with Crippen molar-refractivity contribution in [3.05, 3.63) is 68.2 Å². The van der Waals surface area contributed by atoms with E-state index in [2.05, 4.69) is 10.6 Å². The molecule has 0 aliphatic carbocycles. The normalized spacial score (nSPS) is 11.2. The third-order valence-corrected chi connectivity index (χ3v) is 6.44. The van der Waals surface area contributed by atoms with Gasteiger partial charge in [0.1, 0.15) is 5.00 Å². The molecule has 1 aromatic carbocycles. The number of halogens is 3. The number of hydrogen-bond donors (Lipinski definition) is 2. The fourth-order valence-electron chi connectivity index (χ4n) is 2.87. The number of rotatable bonds is 6. The van der Waals surface area contributed by atoms with E-state index in [-0.39, 0.29) is 39.0 Å². The molecule has 32 heavy (non-hydrogen) atoms. The molecule has 2 heterocycles. The smallest absolute Gasteiger partial charge is 0.416 e. The summed E-state index contributed by atoms with van der Waals surface area (Å²) in [7, 11) is 1.17. The van der Waals surface area contributed by atoms with Crippen molar-refractivity contribution in [1.82, 2.24) is 0 Å². The second kappa shape index (κ2) is 9.53. The number of methoxy groups -OCH3 is 1. The molecule has 0 saturated carbocycles. The van der Waals surface area contributed by atoms with Gasteiger partial charge in [0, 0.05) is 10.6 Å². The largest absolute Gasteiger partial charge is 0.465 e. The van der Waals surface area contributed by atoms with E-state index in [1.807, 2.05) is 5.38 Å². The third kappa shape index (κ3) is 5.35. The molecule has 2 aromatic heterocycles. The Balaban J connectivity index is 1.87. The number of carbonyl (C=O) groups is 3. The number of amides is 2. The van der Waals surface area contributed by atoms with Crippen LogP contribution in [-0.2, 0) is 22.1 Å². The Labute approximate surface area is 189 Å². The van der Waals surface area contributed by atoms with Crippen molar-refractivity contribution >= 4 is 51.1 Å². The van der Waals surface area contributed by atoms with Crippen molar-refractivity contribution in [2.75, 3.05) is 17.7 Å². The van der Waals surface area contributed by atoms with Crippen LogP contribution in [0.3, 0.4) is 0 Å². The van der Waals surface area contributed by atoms with Gasteiger partial charge in [0.15, 0.2) is 0 Å². The van der Waals surface area contributed by atoms with Crippen LogP contribution in [0.5, 0.6) is 0 Å². The first-order valence-electron chi connectivity index (χ1n) is 9.12. The standard InChI is InChI=1S/C21H17F3N2O4S2/c1-11-16(20(29)30-2)19(26-15(27)10-14-7-4-8-31-14)32-17(11)18(28)25-13-6-3-5-12(9-13)21(22,23)24/h3-9H,10H2,1-2H3,(H,25,28)(H,26,27). The minimum Gasteiger partial charge on any atom is -0.465 e. The molecule has 6 nitrogen and oxygen atoms in total. The number of ether oxygens (including phenoxy) is 1. The maximum absolute atomic E-state index is 12.9. The highest BCUT2D eigenvalue weighted by atomic mass is 32.1. The number of nitrogens with one attached hydrogen (secondary N) is 2. The van der Waals surface area contributed by atoms with Crippen LogP contribution in [0.25, 0.3) is 0 Å². The Hall–Kier alpha value is -3.18. The molecule has 0 saturated heterocycles. The molecule has 0 aliphatic rings. The van der Waals surface area contributed by atoms with Crippen LogP contribution < -0.4 is 10.6 Å². The Morgan fingerprint density at radius 3 is 2.47 bits per heavy atom. The Morgan fingerprint density at radius 2 is 1.84 bits per heavy atom. The summed E-state index contributed by atoms with van der Waals surface area (Å²) >= 11 is 2.25. The molecule has 0 aliphatic heterocycles. The highest BCUT2D eigenvalue weighted by Gasteiger charge is 2.31. The lowest BCUT2D eigenvalue weighted by Crippen LogP contribution is -2.15. The molecular weight excluding hydrogens is 465 g/mol. The Kier molecular flexibility index (Phi) is 6.99. The van der Waals surface area contributed by atoms with Gasteiger partial charge in [-0.3, -0.25) is 9.59 Å². The molecule has 0 atom stereocenters. The summed E-state index contributed by atoms with van der Waals surface area (Å²) in [5.74, 6) is -1.84. The summed E-state index contributed by atoms with van der Waals surface area (Å²) < 4.78 is 43.6. The molecule has 11 heteroatoms. The van der Waals surface area contributed by atoms with Crippen LogP contribution in [0.1, 0.15) is 36.0 Å². The predicted molar refractivity (Wildman–Crippen MR) is 116 cm³/mol. The van der Waals surface area contributed by atoms with E-state index in [4.69, 9.17) is 4.74 Å². The monoisotopic (exact) mass is 482 g/mol. The topological polar surface area (TPSA) is 84.5 Å². The zero-order chi connectivity index (χ0) is 23.5. The molecule has 2 amide bonds. The summed E-state index contributed by atoms with van der Waals surface area (Å²) in [5, 5.41) is 6.99. The summed E-state index contributed by atoms with van der Waals surface area (Å²) in [6.07, 6.45) is -4.47. The number of benzene rings is 1. The lowest BCUT2D eigenvalue weighted by molar-refractivity contribution is -0.137. The van der Waals surface area contributed by atoms with Crippen LogP contribution in [0.2, 0.25) is 0 Å². The van der Waals surface area contributed by atoms with Gasteiger partial charge in [-0.25, -0.2) is 4.79 Å². The Bertz CT molecular complexity index is 1150. The number of esters is 1. The molecule has 0 fully saturated rings. The molecule has 168 valence electrons. The average molecular weight is 483 g/mol. The van der Waals surface area contributed by atoms with Gasteiger partial charge in [0.25, 0.3) is 5.91 Å². The van der Waals surface area contributed by atoms with Crippen LogP contribution in [-0.4, -0.2) is 24.9 Å². The van der Waals surface area contributed by atoms with Gasteiger partial charge in [0.05, 0.1) is 29.5 Å². The van der Waals surface area contributed by atoms with Crippen molar-refractivity contribution in [3.8, 4) is 0 Å². The first-order chi connectivity index (χ1) is 15.1. The summed E-state index contributed by atoms with van der Waals surface area (Å²) in [4.78, 5) is 38.3.